The van der Waals surface area contributed by atoms with Crippen LogP contribution in [0.15, 0.2) is 11.4 Å². The molecule has 0 unspecified atom stereocenters. The highest BCUT2D eigenvalue weighted by Gasteiger charge is 2.55. The van der Waals surface area contributed by atoms with E-state index in [1.165, 1.54) is 23.3 Å². The average molecular weight is 323 g/mol. The average Bonchev–Trinajstić information content (AvgIpc) is 2.86. The Morgan fingerprint density at radius 1 is 1.48 bits per heavy atom. The summed E-state index contributed by atoms with van der Waals surface area (Å²) in [4.78, 5) is 14.2. The lowest BCUT2D eigenvalue weighted by Crippen LogP contribution is -2.54. The molecular formula is C13H16F3NO3S. The first-order chi connectivity index (χ1) is 9.78. The van der Waals surface area contributed by atoms with Crippen molar-refractivity contribution in [1.29, 1.82) is 0 Å². The number of aliphatic hydroxyl groups is 1. The number of thiophene rings is 1. The molecule has 0 bridgehead atoms. The van der Waals surface area contributed by atoms with Crippen LogP contribution in [-0.4, -0.2) is 47.9 Å². The van der Waals surface area contributed by atoms with Gasteiger partial charge in [0.15, 0.2) is 5.60 Å². The van der Waals surface area contributed by atoms with Gasteiger partial charge in [0.05, 0.1) is 11.5 Å². The number of likely N-dealkylation sites (tertiary alicyclic amines) is 1. The molecule has 118 valence electrons. The van der Waals surface area contributed by atoms with Crippen molar-refractivity contribution in [3.05, 3.63) is 21.9 Å². The van der Waals surface area contributed by atoms with E-state index in [2.05, 4.69) is 0 Å². The fourth-order valence-corrected chi connectivity index (χ4v) is 3.18. The number of carbonyl (C=O) groups is 1. The first-order valence-electron chi connectivity index (χ1n) is 6.42. The molecule has 4 nitrogen and oxygen atoms in total. The SMILES string of the molecule is COCc1ccsc1C(=O)N1CCC(O)(C(F)(F)F)CC1. The third-order valence-corrected chi connectivity index (χ3v) is 4.59. The van der Waals surface area contributed by atoms with E-state index in [1.54, 1.807) is 11.4 Å². The third-order valence-electron chi connectivity index (χ3n) is 3.65. The summed E-state index contributed by atoms with van der Waals surface area (Å²) in [5.74, 6) is -0.304. The lowest BCUT2D eigenvalue weighted by Gasteiger charge is -2.39. The Morgan fingerprint density at radius 2 is 2.10 bits per heavy atom. The van der Waals surface area contributed by atoms with Gasteiger partial charge in [0, 0.05) is 38.6 Å². The molecule has 1 saturated heterocycles. The van der Waals surface area contributed by atoms with Crippen molar-refractivity contribution in [3.63, 3.8) is 0 Å². The third kappa shape index (κ3) is 3.22. The summed E-state index contributed by atoms with van der Waals surface area (Å²) in [6.45, 7) is 0.0588. The molecule has 0 radical (unpaired) electrons. The van der Waals surface area contributed by atoms with Crippen LogP contribution >= 0.6 is 11.3 Å². The molecule has 0 spiro atoms. The van der Waals surface area contributed by atoms with Gasteiger partial charge in [-0.25, -0.2) is 0 Å². The number of carbonyl (C=O) groups excluding carboxylic acids is 1. The summed E-state index contributed by atoms with van der Waals surface area (Å²) in [6, 6.07) is 1.76. The van der Waals surface area contributed by atoms with E-state index in [0.29, 0.717) is 4.88 Å². The van der Waals surface area contributed by atoms with Crippen molar-refractivity contribution in [2.75, 3.05) is 20.2 Å². The summed E-state index contributed by atoms with van der Waals surface area (Å²) >= 11 is 1.24. The molecule has 0 atom stereocenters. The van der Waals surface area contributed by atoms with Crippen LogP contribution in [0.3, 0.4) is 0 Å². The van der Waals surface area contributed by atoms with Gasteiger partial charge in [-0.05, 0) is 11.4 Å². The fourth-order valence-electron chi connectivity index (χ4n) is 2.30. The Balaban J connectivity index is 2.05. The second-order valence-corrected chi connectivity index (χ2v) is 5.95. The number of halogens is 3. The van der Waals surface area contributed by atoms with Crippen LogP contribution in [0.5, 0.6) is 0 Å². The van der Waals surface area contributed by atoms with E-state index in [0.717, 1.165) is 5.56 Å². The quantitative estimate of drug-likeness (QED) is 0.929. The van der Waals surface area contributed by atoms with Crippen molar-refractivity contribution in [2.45, 2.75) is 31.2 Å². The number of rotatable bonds is 3. The minimum Gasteiger partial charge on any atom is -0.380 e. The number of amides is 1. The first-order valence-corrected chi connectivity index (χ1v) is 7.30. The molecule has 1 aromatic rings. The number of methoxy groups -OCH3 is 1. The second-order valence-electron chi connectivity index (χ2n) is 5.03. The molecule has 1 fully saturated rings. The smallest absolute Gasteiger partial charge is 0.380 e. The number of hydrogen-bond donors (Lipinski definition) is 1. The molecule has 1 aliphatic heterocycles. The van der Waals surface area contributed by atoms with Gasteiger partial charge in [0.2, 0.25) is 0 Å². The number of nitrogens with zero attached hydrogens (tertiary/aromatic N) is 1. The highest BCUT2D eigenvalue weighted by atomic mass is 32.1. The van der Waals surface area contributed by atoms with Crippen LogP contribution in [0.25, 0.3) is 0 Å². The summed E-state index contributed by atoms with van der Waals surface area (Å²) in [6.07, 6.45) is -5.65. The van der Waals surface area contributed by atoms with Gasteiger partial charge in [-0.2, -0.15) is 13.2 Å². The monoisotopic (exact) mass is 323 g/mol. The van der Waals surface area contributed by atoms with Crippen molar-refractivity contribution in [3.8, 4) is 0 Å². The Labute approximate surface area is 124 Å². The van der Waals surface area contributed by atoms with Crippen molar-refractivity contribution >= 4 is 17.2 Å². The normalized spacial score (nSPS) is 18.8. The van der Waals surface area contributed by atoms with Crippen LogP contribution in [0.4, 0.5) is 13.2 Å². The molecular weight excluding hydrogens is 307 g/mol. The summed E-state index contributed by atoms with van der Waals surface area (Å²) in [7, 11) is 1.51. The summed E-state index contributed by atoms with van der Waals surface area (Å²) in [5, 5.41) is 11.3. The molecule has 1 N–H and O–H groups in total. The molecule has 21 heavy (non-hydrogen) atoms. The highest BCUT2D eigenvalue weighted by Crippen LogP contribution is 2.38. The van der Waals surface area contributed by atoms with E-state index in [1.807, 2.05) is 0 Å². The largest absolute Gasteiger partial charge is 0.417 e. The van der Waals surface area contributed by atoms with E-state index in [9.17, 15) is 23.1 Å². The minimum absolute atomic E-state index is 0.112. The van der Waals surface area contributed by atoms with Gasteiger partial charge in [-0.3, -0.25) is 4.79 Å². The van der Waals surface area contributed by atoms with E-state index >= 15 is 0 Å². The molecule has 1 amide bonds. The molecule has 0 aromatic carbocycles. The highest BCUT2D eigenvalue weighted by molar-refractivity contribution is 7.12. The zero-order valence-corrected chi connectivity index (χ0v) is 12.3. The van der Waals surface area contributed by atoms with Crippen LogP contribution in [0.1, 0.15) is 28.1 Å². The second kappa shape index (κ2) is 5.94. The van der Waals surface area contributed by atoms with E-state index < -0.39 is 24.6 Å². The van der Waals surface area contributed by atoms with Crippen molar-refractivity contribution in [2.24, 2.45) is 0 Å². The Bertz CT molecular complexity index is 507. The van der Waals surface area contributed by atoms with Gasteiger partial charge < -0.3 is 14.7 Å². The predicted molar refractivity (Wildman–Crippen MR) is 71.2 cm³/mol. The maximum absolute atomic E-state index is 12.7. The van der Waals surface area contributed by atoms with Gasteiger partial charge >= 0.3 is 6.18 Å². The maximum Gasteiger partial charge on any atom is 0.417 e. The molecule has 2 rings (SSSR count). The maximum atomic E-state index is 12.7. The zero-order valence-electron chi connectivity index (χ0n) is 11.4. The van der Waals surface area contributed by atoms with Gasteiger partial charge in [0.1, 0.15) is 0 Å². The van der Waals surface area contributed by atoms with Crippen LogP contribution in [0.2, 0.25) is 0 Å². The molecule has 1 aliphatic rings. The molecule has 2 heterocycles. The molecule has 0 aliphatic carbocycles. The standard InChI is InChI=1S/C13H16F3NO3S/c1-20-8-9-2-7-21-10(9)11(18)17-5-3-12(19,4-6-17)13(14,15)16/h2,7,19H,3-6,8H2,1H3. The zero-order chi connectivity index (χ0) is 15.7. The first kappa shape index (κ1) is 16.3. The Kier molecular flexibility index (Phi) is 4.60. The molecule has 8 heteroatoms. The lowest BCUT2D eigenvalue weighted by molar-refractivity contribution is -0.271. The van der Waals surface area contributed by atoms with Gasteiger partial charge in [-0.1, -0.05) is 0 Å². The predicted octanol–water partition coefficient (Wildman–Crippen LogP) is 2.42. The van der Waals surface area contributed by atoms with E-state index in [-0.39, 0.29) is 25.6 Å². The Morgan fingerprint density at radius 3 is 2.62 bits per heavy atom. The van der Waals surface area contributed by atoms with Crippen molar-refractivity contribution < 1.29 is 27.8 Å². The topological polar surface area (TPSA) is 49.8 Å². The minimum atomic E-state index is -4.66. The summed E-state index contributed by atoms with van der Waals surface area (Å²) < 4.78 is 43.2. The number of ether oxygens (including phenoxy) is 1. The lowest BCUT2D eigenvalue weighted by atomic mass is 9.90. The van der Waals surface area contributed by atoms with Gasteiger partial charge in [-0.15, -0.1) is 11.3 Å². The van der Waals surface area contributed by atoms with Crippen LogP contribution < -0.4 is 0 Å². The number of alkyl halides is 3. The number of hydrogen-bond acceptors (Lipinski definition) is 4. The fraction of sp³-hybridized carbons (Fsp3) is 0.615. The van der Waals surface area contributed by atoms with Crippen LogP contribution in [0, 0.1) is 0 Å². The molecule has 0 saturated carbocycles. The number of piperidine rings is 1. The molecule has 1 aromatic heterocycles. The van der Waals surface area contributed by atoms with Crippen LogP contribution in [-0.2, 0) is 11.3 Å². The Hall–Kier alpha value is -1.12. The van der Waals surface area contributed by atoms with Crippen molar-refractivity contribution in [1.82, 2.24) is 4.90 Å². The summed E-state index contributed by atoms with van der Waals surface area (Å²) in [5.41, 5.74) is -1.96. The van der Waals surface area contributed by atoms with Gasteiger partial charge in [0.25, 0.3) is 5.91 Å². The van der Waals surface area contributed by atoms with E-state index in [4.69, 9.17) is 4.74 Å².